The Balaban J connectivity index is 0.00000144. The monoisotopic (exact) mass is 255 g/mol. The van der Waals surface area contributed by atoms with Crippen LogP contribution in [0.4, 0.5) is 0 Å². The molecule has 1 aromatic carbocycles. The molecule has 2 rings (SSSR count). The van der Waals surface area contributed by atoms with Crippen LogP contribution in [0.15, 0.2) is 30.3 Å². The summed E-state index contributed by atoms with van der Waals surface area (Å²) in [5, 5.41) is 3.26. The molecule has 1 fully saturated rings. The van der Waals surface area contributed by atoms with E-state index in [-0.39, 0.29) is 24.3 Å². The maximum Gasteiger partial charge on any atom is 0.310 e. The molecule has 1 N–H and O–H groups in total. The van der Waals surface area contributed by atoms with Crippen molar-refractivity contribution in [1.29, 1.82) is 0 Å². The van der Waals surface area contributed by atoms with Gasteiger partial charge in [0.2, 0.25) is 0 Å². The topological polar surface area (TPSA) is 38.3 Å². The fraction of sp³-hybridized carbons (Fsp3) is 0.462. The van der Waals surface area contributed by atoms with E-state index in [4.69, 9.17) is 4.74 Å². The summed E-state index contributed by atoms with van der Waals surface area (Å²) in [4.78, 5) is 11.6. The van der Waals surface area contributed by atoms with Crippen LogP contribution in [0.2, 0.25) is 0 Å². The zero-order chi connectivity index (χ0) is 11.4. The summed E-state index contributed by atoms with van der Waals surface area (Å²) >= 11 is 0. The summed E-state index contributed by atoms with van der Waals surface area (Å²) < 4.78 is 4.82. The van der Waals surface area contributed by atoms with E-state index in [1.165, 1.54) is 12.7 Å². The predicted octanol–water partition coefficient (Wildman–Crippen LogP) is 1.66. The molecule has 2 atom stereocenters. The highest BCUT2D eigenvalue weighted by Gasteiger charge is 2.33. The van der Waals surface area contributed by atoms with Crippen molar-refractivity contribution in [3.05, 3.63) is 35.9 Å². The molecule has 1 aromatic rings. The van der Waals surface area contributed by atoms with Crippen molar-refractivity contribution in [2.75, 3.05) is 20.2 Å². The van der Waals surface area contributed by atoms with Crippen LogP contribution in [0.1, 0.15) is 5.56 Å². The third-order valence-corrected chi connectivity index (χ3v) is 3.18. The van der Waals surface area contributed by atoms with Gasteiger partial charge in [-0.3, -0.25) is 4.79 Å². The lowest BCUT2D eigenvalue weighted by atomic mass is 9.90. The van der Waals surface area contributed by atoms with Crippen molar-refractivity contribution in [2.24, 2.45) is 11.8 Å². The van der Waals surface area contributed by atoms with Crippen LogP contribution in [0.25, 0.3) is 0 Å². The minimum atomic E-state index is -0.0917. The number of carbonyl (C=O) groups is 1. The average molecular weight is 256 g/mol. The molecule has 0 spiro atoms. The molecule has 0 saturated carbocycles. The maximum absolute atomic E-state index is 11.6. The van der Waals surface area contributed by atoms with Gasteiger partial charge < -0.3 is 10.1 Å². The second kappa shape index (κ2) is 6.62. The van der Waals surface area contributed by atoms with E-state index in [9.17, 15) is 4.79 Å². The number of nitrogens with one attached hydrogen (secondary N) is 1. The summed E-state index contributed by atoms with van der Waals surface area (Å²) in [6.45, 7) is 1.64. The van der Waals surface area contributed by atoms with Crippen molar-refractivity contribution in [2.45, 2.75) is 6.42 Å². The van der Waals surface area contributed by atoms with Gasteiger partial charge in [-0.2, -0.15) is 0 Å². The van der Waals surface area contributed by atoms with Gasteiger partial charge in [-0.15, -0.1) is 12.4 Å². The predicted molar refractivity (Wildman–Crippen MR) is 69.3 cm³/mol. The molecule has 0 bridgehead atoms. The van der Waals surface area contributed by atoms with E-state index < -0.39 is 0 Å². The Hall–Kier alpha value is -1.06. The van der Waals surface area contributed by atoms with Gasteiger partial charge in [-0.1, -0.05) is 30.3 Å². The number of carbonyl (C=O) groups excluding carboxylic acids is 1. The summed E-state index contributed by atoms with van der Waals surface area (Å²) in [5.41, 5.74) is 1.28. The number of benzene rings is 1. The van der Waals surface area contributed by atoms with Crippen LogP contribution in [0.3, 0.4) is 0 Å². The zero-order valence-corrected chi connectivity index (χ0v) is 10.7. The Morgan fingerprint density at radius 1 is 1.35 bits per heavy atom. The van der Waals surface area contributed by atoms with E-state index in [0.717, 1.165) is 19.5 Å². The molecule has 17 heavy (non-hydrogen) atoms. The first-order chi connectivity index (χ1) is 7.81. The Labute approximate surface area is 108 Å². The molecular formula is C13H18ClNO2. The standard InChI is InChI=1S/C13H17NO2.ClH/c1-16-13(15)12-9-14-8-11(12)7-10-5-3-2-4-6-10;/h2-6,11-12,14H,7-9H2,1H3;1H/t11-,12-;/m1./s1. The van der Waals surface area contributed by atoms with Gasteiger partial charge in [-0.05, 0) is 24.4 Å². The van der Waals surface area contributed by atoms with Gasteiger partial charge >= 0.3 is 5.97 Å². The van der Waals surface area contributed by atoms with Gasteiger partial charge in [0.05, 0.1) is 13.0 Å². The molecule has 3 nitrogen and oxygen atoms in total. The van der Waals surface area contributed by atoms with E-state index in [2.05, 4.69) is 17.4 Å². The third kappa shape index (κ3) is 3.45. The SMILES string of the molecule is COC(=O)[C@@H]1CNC[C@H]1Cc1ccccc1.Cl. The molecule has 1 aliphatic rings. The van der Waals surface area contributed by atoms with Gasteiger partial charge in [-0.25, -0.2) is 0 Å². The fourth-order valence-corrected chi connectivity index (χ4v) is 2.29. The highest BCUT2D eigenvalue weighted by atomic mass is 35.5. The highest BCUT2D eigenvalue weighted by Crippen LogP contribution is 2.22. The van der Waals surface area contributed by atoms with Crippen LogP contribution in [0, 0.1) is 11.8 Å². The van der Waals surface area contributed by atoms with Gasteiger partial charge in [0.1, 0.15) is 0 Å². The molecule has 1 heterocycles. The highest BCUT2D eigenvalue weighted by molar-refractivity contribution is 5.85. The minimum absolute atomic E-state index is 0. The summed E-state index contributed by atoms with van der Waals surface area (Å²) in [5.74, 6) is 0.269. The van der Waals surface area contributed by atoms with Crippen molar-refractivity contribution in [1.82, 2.24) is 5.32 Å². The second-order valence-corrected chi connectivity index (χ2v) is 4.24. The summed E-state index contributed by atoms with van der Waals surface area (Å²) in [7, 11) is 1.46. The lowest BCUT2D eigenvalue weighted by Crippen LogP contribution is -2.25. The van der Waals surface area contributed by atoms with Crippen LogP contribution in [0.5, 0.6) is 0 Å². The maximum atomic E-state index is 11.6. The summed E-state index contributed by atoms with van der Waals surface area (Å²) in [6.07, 6.45) is 0.938. The smallest absolute Gasteiger partial charge is 0.310 e. The molecular weight excluding hydrogens is 238 g/mol. The van der Waals surface area contributed by atoms with Gasteiger partial charge in [0, 0.05) is 6.54 Å². The van der Waals surface area contributed by atoms with Crippen LogP contribution >= 0.6 is 12.4 Å². The first-order valence-electron chi connectivity index (χ1n) is 5.63. The largest absolute Gasteiger partial charge is 0.469 e. The zero-order valence-electron chi connectivity index (χ0n) is 9.89. The molecule has 0 aliphatic carbocycles. The summed E-state index contributed by atoms with van der Waals surface area (Å²) in [6, 6.07) is 10.3. The van der Waals surface area contributed by atoms with Crippen LogP contribution < -0.4 is 5.32 Å². The van der Waals surface area contributed by atoms with Gasteiger partial charge in [0.25, 0.3) is 0 Å². The molecule has 94 valence electrons. The van der Waals surface area contributed by atoms with Crippen molar-refractivity contribution >= 4 is 18.4 Å². The Morgan fingerprint density at radius 2 is 2.06 bits per heavy atom. The Kier molecular flexibility index (Phi) is 5.45. The molecule has 4 heteroatoms. The molecule has 1 saturated heterocycles. The average Bonchev–Trinajstić information content (AvgIpc) is 2.77. The number of ether oxygens (including phenoxy) is 1. The molecule has 0 amide bonds. The number of halogens is 1. The Bertz CT molecular complexity index is 356. The van der Waals surface area contributed by atoms with E-state index in [1.54, 1.807) is 0 Å². The number of hydrogen-bond acceptors (Lipinski definition) is 3. The third-order valence-electron chi connectivity index (χ3n) is 3.18. The van der Waals surface area contributed by atoms with Crippen LogP contribution in [-0.2, 0) is 16.0 Å². The normalized spacial score (nSPS) is 22.9. The lowest BCUT2D eigenvalue weighted by molar-refractivity contribution is -0.146. The number of esters is 1. The number of methoxy groups -OCH3 is 1. The van der Waals surface area contributed by atoms with E-state index in [0.29, 0.717) is 5.92 Å². The second-order valence-electron chi connectivity index (χ2n) is 4.24. The van der Waals surface area contributed by atoms with Crippen molar-refractivity contribution < 1.29 is 9.53 Å². The molecule has 0 unspecified atom stereocenters. The molecule has 0 radical (unpaired) electrons. The van der Waals surface area contributed by atoms with Gasteiger partial charge in [0.15, 0.2) is 0 Å². The van der Waals surface area contributed by atoms with E-state index in [1.807, 2.05) is 18.2 Å². The quantitative estimate of drug-likeness (QED) is 0.835. The van der Waals surface area contributed by atoms with Crippen LogP contribution in [-0.4, -0.2) is 26.2 Å². The first-order valence-corrected chi connectivity index (χ1v) is 5.63. The number of rotatable bonds is 3. The first kappa shape index (κ1) is 14.0. The fourth-order valence-electron chi connectivity index (χ4n) is 2.29. The Morgan fingerprint density at radius 3 is 2.71 bits per heavy atom. The minimum Gasteiger partial charge on any atom is -0.469 e. The van der Waals surface area contributed by atoms with Crippen molar-refractivity contribution in [3.63, 3.8) is 0 Å². The molecule has 1 aliphatic heterocycles. The van der Waals surface area contributed by atoms with E-state index >= 15 is 0 Å². The number of hydrogen-bond donors (Lipinski definition) is 1. The van der Waals surface area contributed by atoms with Crippen molar-refractivity contribution in [3.8, 4) is 0 Å². The molecule has 0 aromatic heterocycles. The lowest BCUT2D eigenvalue weighted by Gasteiger charge is -2.16.